The number of carbonyl (C=O) groups is 2. The highest BCUT2D eigenvalue weighted by molar-refractivity contribution is 7.91. The zero-order valence-electron chi connectivity index (χ0n) is 19.1. The predicted octanol–water partition coefficient (Wildman–Crippen LogP) is 3.31. The van der Waals surface area contributed by atoms with Crippen LogP contribution in [0.4, 0.5) is 11.4 Å². The SMILES string of the molecule is CC(C(=O)Nc1cccc(S(=O)(=O)c2cccc(NC(=O)C(C)n3cccn3)c2)c1)n1cccn1. The van der Waals surface area contributed by atoms with E-state index in [0.29, 0.717) is 11.4 Å². The van der Waals surface area contributed by atoms with Crippen molar-refractivity contribution in [1.82, 2.24) is 19.6 Å². The summed E-state index contributed by atoms with van der Waals surface area (Å²) in [5, 5.41) is 13.6. The fourth-order valence-electron chi connectivity index (χ4n) is 3.37. The molecular weight excluding hydrogens is 468 g/mol. The van der Waals surface area contributed by atoms with Crippen molar-refractivity contribution in [2.45, 2.75) is 35.7 Å². The van der Waals surface area contributed by atoms with Gasteiger partial charge in [-0.1, -0.05) is 12.1 Å². The summed E-state index contributed by atoms with van der Waals surface area (Å²) >= 11 is 0. The number of amides is 2. The summed E-state index contributed by atoms with van der Waals surface area (Å²) in [6.07, 6.45) is 6.50. The number of anilines is 2. The lowest BCUT2D eigenvalue weighted by Crippen LogP contribution is -2.24. The van der Waals surface area contributed by atoms with E-state index in [1.165, 1.54) is 33.6 Å². The number of sulfone groups is 1. The van der Waals surface area contributed by atoms with Crippen molar-refractivity contribution in [3.63, 3.8) is 0 Å². The highest BCUT2D eigenvalue weighted by atomic mass is 32.2. The van der Waals surface area contributed by atoms with Gasteiger partial charge in [-0.05, 0) is 62.4 Å². The Hall–Kier alpha value is -4.25. The molecule has 2 unspecified atom stereocenters. The van der Waals surface area contributed by atoms with Crippen molar-refractivity contribution >= 4 is 33.0 Å². The van der Waals surface area contributed by atoms with E-state index >= 15 is 0 Å². The Labute approximate surface area is 202 Å². The molecule has 0 spiro atoms. The van der Waals surface area contributed by atoms with Crippen LogP contribution in [-0.2, 0) is 19.4 Å². The van der Waals surface area contributed by atoms with Crippen LogP contribution >= 0.6 is 0 Å². The number of aromatic nitrogens is 4. The Morgan fingerprint density at radius 2 is 1.17 bits per heavy atom. The van der Waals surface area contributed by atoms with E-state index in [0.717, 1.165) is 0 Å². The summed E-state index contributed by atoms with van der Waals surface area (Å²) in [6.45, 7) is 3.38. The molecule has 4 aromatic rings. The topological polar surface area (TPSA) is 128 Å². The molecule has 0 fully saturated rings. The minimum absolute atomic E-state index is 0.00966. The fourth-order valence-corrected chi connectivity index (χ4v) is 4.72. The van der Waals surface area contributed by atoms with Crippen molar-refractivity contribution < 1.29 is 18.0 Å². The normalized spacial score (nSPS) is 13.1. The zero-order chi connectivity index (χ0) is 25.0. The maximum atomic E-state index is 13.3. The van der Waals surface area contributed by atoms with Crippen LogP contribution in [0.3, 0.4) is 0 Å². The number of nitrogens with zero attached hydrogens (tertiary/aromatic N) is 4. The molecule has 2 amide bonds. The molecule has 11 heteroatoms. The van der Waals surface area contributed by atoms with Gasteiger partial charge in [0.05, 0.1) is 9.79 Å². The molecule has 0 radical (unpaired) electrons. The monoisotopic (exact) mass is 492 g/mol. The third kappa shape index (κ3) is 5.30. The van der Waals surface area contributed by atoms with Crippen molar-refractivity contribution in [2.75, 3.05) is 10.6 Å². The maximum absolute atomic E-state index is 13.3. The van der Waals surface area contributed by atoms with Gasteiger partial charge in [-0.25, -0.2) is 8.42 Å². The van der Waals surface area contributed by atoms with Crippen molar-refractivity contribution in [3.8, 4) is 0 Å². The van der Waals surface area contributed by atoms with Crippen LogP contribution in [0.15, 0.2) is 95.2 Å². The molecule has 0 aliphatic carbocycles. The van der Waals surface area contributed by atoms with E-state index in [1.807, 2.05) is 0 Å². The lowest BCUT2D eigenvalue weighted by Gasteiger charge is -2.14. The van der Waals surface area contributed by atoms with Gasteiger partial charge in [-0.2, -0.15) is 10.2 Å². The smallest absolute Gasteiger partial charge is 0.248 e. The van der Waals surface area contributed by atoms with E-state index in [1.54, 1.807) is 75.0 Å². The van der Waals surface area contributed by atoms with Crippen LogP contribution in [-0.4, -0.2) is 39.8 Å². The lowest BCUT2D eigenvalue weighted by atomic mass is 10.2. The second-order valence-corrected chi connectivity index (χ2v) is 9.81. The molecule has 2 N–H and O–H groups in total. The van der Waals surface area contributed by atoms with Gasteiger partial charge < -0.3 is 10.6 Å². The maximum Gasteiger partial charge on any atom is 0.248 e. The summed E-state index contributed by atoms with van der Waals surface area (Å²) in [7, 11) is -3.92. The quantitative estimate of drug-likeness (QED) is 0.388. The van der Waals surface area contributed by atoms with Crippen LogP contribution in [0.5, 0.6) is 0 Å². The first-order valence-corrected chi connectivity index (χ1v) is 12.3. The summed E-state index contributed by atoms with van der Waals surface area (Å²) in [4.78, 5) is 25.1. The Balaban J connectivity index is 1.51. The van der Waals surface area contributed by atoms with Gasteiger partial charge in [-0.15, -0.1) is 0 Å². The number of hydrogen-bond acceptors (Lipinski definition) is 6. The van der Waals surface area contributed by atoms with Gasteiger partial charge in [0.25, 0.3) is 0 Å². The van der Waals surface area contributed by atoms with Crippen LogP contribution in [0.1, 0.15) is 25.9 Å². The number of carbonyl (C=O) groups excluding carboxylic acids is 2. The lowest BCUT2D eigenvalue weighted by molar-refractivity contribution is -0.119. The molecule has 0 saturated heterocycles. The third-order valence-electron chi connectivity index (χ3n) is 5.43. The Morgan fingerprint density at radius 1 is 0.743 bits per heavy atom. The number of nitrogens with one attached hydrogen (secondary N) is 2. The molecule has 0 aliphatic rings. The van der Waals surface area contributed by atoms with Gasteiger partial charge in [0.2, 0.25) is 21.7 Å². The molecule has 10 nitrogen and oxygen atoms in total. The molecule has 2 aromatic heterocycles. The first-order chi connectivity index (χ1) is 16.8. The average molecular weight is 493 g/mol. The van der Waals surface area contributed by atoms with Crippen LogP contribution < -0.4 is 10.6 Å². The standard InChI is InChI=1S/C24H24N6O4S/c1-17(29-13-5-11-25-29)23(31)27-19-7-3-9-21(15-19)35(33,34)22-10-4-8-20(16-22)28-24(32)18(2)30-14-6-12-26-30/h3-18H,1-2H3,(H,27,31)(H,28,32). The predicted molar refractivity (Wildman–Crippen MR) is 129 cm³/mol. The van der Waals surface area contributed by atoms with E-state index in [2.05, 4.69) is 20.8 Å². The third-order valence-corrected chi connectivity index (χ3v) is 7.18. The summed E-state index contributed by atoms with van der Waals surface area (Å²) < 4.78 is 29.6. The Bertz CT molecular complexity index is 1330. The highest BCUT2D eigenvalue weighted by Gasteiger charge is 2.21. The average Bonchev–Trinajstić information content (AvgIpc) is 3.58. The van der Waals surface area contributed by atoms with Gasteiger partial charge in [-0.3, -0.25) is 19.0 Å². The number of benzene rings is 2. The zero-order valence-corrected chi connectivity index (χ0v) is 19.9. The van der Waals surface area contributed by atoms with Gasteiger partial charge in [0, 0.05) is 36.2 Å². The van der Waals surface area contributed by atoms with Crippen LogP contribution in [0, 0.1) is 0 Å². The molecule has 0 bridgehead atoms. The Kier molecular flexibility index (Phi) is 6.78. The Morgan fingerprint density at radius 3 is 1.54 bits per heavy atom. The van der Waals surface area contributed by atoms with Crippen LogP contribution in [0.25, 0.3) is 0 Å². The number of hydrogen-bond donors (Lipinski definition) is 2. The van der Waals surface area contributed by atoms with E-state index in [4.69, 9.17) is 0 Å². The molecule has 0 saturated carbocycles. The van der Waals surface area contributed by atoms with Crippen LogP contribution in [0.2, 0.25) is 0 Å². The minimum Gasteiger partial charge on any atom is -0.324 e. The van der Waals surface area contributed by atoms with Gasteiger partial charge in [0.1, 0.15) is 12.1 Å². The summed E-state index contributed by atoms with van der Waals surface area (Å²) in [5.74, 6) is -0.668. The molecular formula is C24H24N6O4S. The van der Waals surface area contributed by atoms with Crippen molar-refractivity contribution in [3.05, 3.63) is 85.5 Å². The largest absolute Gasteiger partial charge is 0.324 e. The minimum atomic E-state index is -3.92. The second-order valence-electron chi connectivity index (χ2n) is 7.86. The fraction of sp³-hybridized carbons (Fsp3) is 0.167. The molecule has 180 valence electrons. The highest BCUT2D eigenvalue weighted by Crippen LogP contribution is 2.26. The number of rotatable bonds is 8. The first-order valence-electron chi connectivity index (χ1n) is 10.8. The molecule has 2 heterocycles. The van der Waals surface area contributed by atoms with Gasteiger partial charge in [0.15, 0.2) is 0 Å². The van der Waals surface area contributed by atoms with Crippen molar-refractivity contribution in [1.29, 1.82) is 0 Å². The molecule has 4 rings (SSSR count). The second kappa shape index (κ2) is 9.94. The molecule has 35 heavy (non-hydrogen) atoms. The van der Waals surface area contributed by atoms with Gasteiger partial charge >= 0.3 is 0 Å². The van der Waals surface area contributed by atoms with E-state index in [-0.39, 0.29) is 21.6 Å². The van der Waals surface area contributed by atoms with E-state index < -0.39 is 21.9 Å². The molecule has 2 atom stereocenters. The summed E-state index contributed by atoms with van der Waals surface area (Å²) in [5.41, 5.74) is 0.681. The first kappa shape index (κ1) is 23.9. The van der Waals surface area contributed by atoms with E-state index in [9.17, 15) is 18.0 Å². The summed E-state index contributed by atoms with van der Waals surface area (Å²) in [6, 6.07) is 14.3. The molecule has 2 aromatic carbocycles. The van der Waals surface area contributed by atoms with Crippen molar-refractivity contribution in [2.24, 2.45) is 0 Å². The molecule has 0 aliphatic heterocycles.